The summed E-state index contributed by atoms with van der Waals surface area (Å²) in [5.41, 5.74) is 3.44. The number of hydrogen-bond donors (Lipinski definition) is 1. The van der Waals surface area contributed by atoms with Gasteiger partial charge in [-0.1, -0.05) is 42.5 Å². The average molecular weight is 346 g/mol. The zero-order chi connectivity index (χ0) is 17.2. The highest BCUT2D eigenvalue weighted by Crippen LogP contribution is 2.32. The fraction of sp³-hybridized carbons (Fsp3) is 0.238. The molecule has 1 aliphatic carbocycles. The van der Waals surface area contributed by atoms with E-state index in [1.165, 1.54) is 21.9 Å². The van der Waals surface area contributed by atoms with Crippen LogP contribution in [0.4, 0.5) is 0 Å². The molecule has 1 N–H and O–H groups in total. The second kappa shape index (κ2) is 6.78. The minimum absolute atomic E-state index is 0.246. The number of H-pyrrole nitrogens is 1. The molecule has 25 heavy (non-hydrogen) atoms. The molecule has 1 aliphatic rings. The number of aromatic amines is 1. The third-order valence-corrected chi connectivity index (χ3v) is 5.92. The standard InChI is InChI=1S/C21H18N2OS/c22-12-19-17-7-3-4-8-18(17)21(23-20(19)24)25-13-14-9-10-15-5-1-2-6-16(15)11-14/h1-2,5-6,9-11H,3-4,7-8,13H2,(H,23,24). The number of aromatic nitrogens is 1. The number of benzene rings is 2. The fourth-order valence-electron chi connectivity index (χ4n) is 3.54. The first kappa shape index (κ1) is 16.0. The zero-order valence-corrected chi connectivity index (χ0v) is 14.7. The van der Waals surface area contributed by atoms with E-state index in [0.717, 1.165) is 42.0 Å². The Labute approximate surface area is 150 Å². The fourth-order valence-corrected chi connectivity index (χ4v) is 4.59. The van der Waals surface area contributed by atoms with Gasteiger partial charge in [-0.3, -0.25) is 4.79 Å². The van der Waals surface area contributed by atoms with E-state index in [-0.39, 0.29) is 5.56 Å². The van der Waals surface area contributed by atoms with E-state index in [2.05, 4.69) is 41.4 Å². The Balaban J connectivity index is 1.65. The second-order valence-corrected chi connectivity index (χ2v) is 7.39. The van der Waals surface area contributed by atoms with Crippen molar-refractivity contribution < 1.29 is 0 Å². The monoisotopic (exact) mass is 346 g/mol. The highest BCUT2D eigenvalue weighted by molar-refractivity contribution is 7.98. The minimum Gasteiger partial charge on any atom is -0.316 e. The van der Waals surface area contributed by atoms with Gasteiger partial charge < -0.3 is 4.98 Å². The molecular formula is C21H18N2OS. The van der Waals surface area contributed by atoms with Gasteiger partial charge in [0.25, 0.3) is 5.56 Å². The van der Waals surface area contributed by atoms with Crippen LogP contribution in [0, 0.1) is 11.3 Å². The summed E-state index contributed by atoms with van der Waals surface area (Å²) in [5, 5.41) is 12.7. The Kier molecular flexibility index (Phi) is 4.33. The first-order valence-electron chi connectivity index (χ1n) is 8.55. The van der Waals surface area contributed by atoms with Crippen molar-refractivity contribution in [1.29, 1.82) is 5.26 Å². The summed E-state index contributed by atoms with van der Waals surface area (Å²) < 4.78 is 0. The van der Waals surface area contributed by atoms with Gasteiger partial charge in [0, 0.05) is 5.75 Å². The van der Waals surface area contributed by atoms with Crippen molar-refractivity contribution in [2.45, 2.75) is 36.5 Å². The van der Waals surface area contributed by atoms with Crippen LogP contribution in [0.1, 0.15) is 35.1 Å². The van der Waals surface area contributed by atoms with E-state index >= 15 is 0 Å². The first-order chi connectivity index (χ1) is 12.3. The van der Waals surface area contributed by atoms with Gasteiger partial charge in [-0.2, -0.15) is 5.26 Å². The molecule has 0 saturated carbocycles. The van der Waals surface area contributed by atoms with Crippen molar-refractivity contribution in [2.24, 2.45) is 0 Å². The second-order valence-electron chi connectivity index (χ2n) is 6.40. The molecule has 0 fully saturated rings. The lowest BCUT2D eigenvalue weighted by Gasteiger charge is -2.19. The number of fused-ring (bicyclic) bond motifs is 2. The van der Waals surface area contributed by atoms with Gasteiger partial charge in [0.05, 0.1) is 5.03 Å². The molecule has 3 nitrogen and oxygen atoms in total. The van der Waals surface area contributed by atoms with E-state index < -0.39 is 0 Å². The molecule has 0 bridgehead atoms. The Morgan fingerprint density at radius 1 is 1.04 bits per heavy atom. The largest absolute Gasteiger partial charge is 0.316 e. The van der Waals surface area contributed by atoms with Crippen LogP contribution >= 0.6 is 11.8 Å². The number of nitriles is 1. The Morgan fingerprint density at radius 2 is 1.80 bits per heavy atom. The summed E-state index contributed by atoms with van der Waals surface area (Å²) >= 11 is 1.67. The maximum Gasteiger partial charge on any atom is 0.267 e. The molecule has 0 aliphatic heterocycles. The molecular weight excluding hydrogens is 328 g/mol. The van der Waals surface area contributed by atoms with E-state index in [0.29, 0.717) is 5.56 Å². The highest BCUT2D eigenvalue weighted by Gasteiger charge is 2.20. The van der Waals surface area contributed by atoms with Gasteiger partial charge in [-0.05, 0) is 53.1 Å². The van der Waals surface area contributed by atoms with Gasteiger partial charge in [0.2, 0.25) is 0 Å². The molecule has 0 atom stereocenters. The summed E-state index contributed by atoms with van der Waals surface area (Å²) in [6.07, 6.45) is 3.96. The molecule has 0 amide bonds. The number of hydrogen-bond acceptors (Lipinski definition) is 3. The third-order valence-electron chi connectivity index (χ3n) is 4.81. The van der Waals surface area contributed by atoms with Crippen LogP contribution in [0.25, 0.3) is 10.8 Å². The number of nitrogens with one attached hydrogen (secondary N) is 1. The van der Waals surface area contributed by atoms with Crippen molar-refractivity contribution in [3.05, 3.63) is 75.1 Å². The highest BCUT2D eigenvalue weighted by atomic mass is 32.2. The lowest BCUT2D eigenvalue weighted by atomic mass is 9.90. The molecule has 0 saturated heterocycles. The van der Waals surface area contributed by atoms with Gasteiger partial charge >= 0.3 is 0 Å². The van der Waals surface area contributed by atoms with Gasteiger partial charge in [0.1, 0.15) is 11.6 Å². The quantitative estimate of drug-likeness (QED) is 0.707. The van der Waals surface area contributed by atoms with E-state index in [1.54, 1.807) is 11.8 Å². The van der Waals surface area contributed by atoms with Crippen LogP contribution in [-0.2, 0) is 18.6 Å². The van der Waals surface area contributed by atoms with Crippen molar-refractivity contribution in [3.8, 4) is 6.07 Å². The van der Waals surface area contributed by atoms with Gasteiger partial charge in [-0.25, -0.2) is 0 Å². The van der Waals surface area contributed by atoms with Crippen molar-refractivity contribution >= 4 is 22.5 Å². The van der Waals surface area contributed by atoms with Crippen LogP contribution in [0.15, 0.2) is 52.3 Å². The molecule has 2 aromatic carbocycles. The van der Waals surface area contributed by atoms with Gasteiger partial charge in [-0.15, -0.1) is 11.8 Å². The van der Waals surface area contributed by atoms with Crippen molar-refractivity contribution in [2.75, 3.05) is 0 Å². The third kappa shape index (κ3) is 3.08. The van der Waals surface area contributed by atoms with Crippen molar-refractivity contribution in [3.63, 3.8) is 0 Å². The predicted molar refractivity (Wildman–Crippen MR) is 102 cm³/mol. The number of rotatable bonds is 3. The number of pyridine rings is 1. The van der Waals surface area contributed by atoms with Crippen molar-refractivity contribution in [1.82, 2.24) is 4.98 Å². The summed E-state index contributed by atoms with van der Waals surface area (Å²) in [5.74, 6) is 0.805. The maximum absolute atomic E-state index is 12.2. The summed E-state index contributed by atoms with van der Waals surface area (Å²) in [6, 6.07) is 16.9. The van der Waals surface area contributed by atoms with Crippen LogP contribution < -0.4 is 5.56 Å². The molecule has 4 heteroatoms. The molecule has 0 radical (unpaired) electrons. The summed E-state index contributed by atoms with van der Waals surface area (Å²) in [4.78, 5) is 15.2. The molecule has 0 unspecified atom stereocenters. The Hall–Kier alpha value is -2.51. The van der Waals surface area contributed by atoms with Crippen LogP contribution in [0.3, 0.4) is 0 Å². The molecule has 1 aromatic heterocycles. The van der Waals surface area contributed by atoms with E-state index in [4.69, 9.17) is 0 Å². The molecule has 0 spiro atoms. The predicted octanol–water partition coefficient (Wildman–Crippen LogP) is 4.57. The normalized spacial score (nSPS) is 13.4. The minimum atomic E-state index is -0.246. The average Bonchev–Trinajstić information content (AvgIpc) is 2.66. The van der Waals surface area contributed by atoms with Crippen LogP contribution in [0.5, 0.6) is 0 Å². The van der Waals surface area contributed by atoms with E-state index in [9.17, 15) is 10.1 Å². The molecule has 4 rings (SSSR count). The molecule has 3 aromatic rings. The molecule has 1 heterocycles. The lowest BCUT2D eigenvalue weighted by molar-refractivity contribution is 0.663. The smallest absolute Gasteiger partial charge is 0.267 e. The summed E-state index contributed by atoms with van der Waals surface area (Å²) in [6.45, 7) is 0. The summed E-state index contributed by atoms with van der Waals surface area (Å²) in [7, 11) is 0. The Morgan fingerprint density at radius 3 is 2.60 bits per heavy atom. The topological polar surface area (TPSA) is 56.6 Å². The van der Waals surface area contributed by atoms with Crippen LogP contribution in [0.2, 0.25) is 0 Å². The maximum atomic E-state index is 12.2. The van der Waals surface area contributed by atoms with Crippen LogP contribution in [-0.4, -0.2) is 4.98 Å². The van der Waals surface area contributed by atoms with Gasteiger partial charge in [0.15, 0.2) is 0 Å². The first-order valence-corrected chi connectivity index (χ1v) is 9.53. The van der Waals surface area contributed by atoms with E-state index in [1.807, 2.05) is 12.1 Å². The number of thioether (sulfide) groups is 1. The SMILES string of the molecule is N#Cc1c2c(c(SCc3ccc4ccccc4c3)[nH]c1=O)CCCC2. The zero-order valence-electron chi connectivity index (χ0n) is 13.8. The molecule has 124 valence electrons. The lowest BCUT2D eigenvalue weighted by Crippen LogP contribution is -2.20. The Bertz CT molecular complexity index is 1050. The number of nitrogens with zero attached hydrogens (tertiary/aromatic N) is 1.